The molecule has 0 bridgehead atoms. The largest absolute Gasteiger partial charge is 0.417 e. The van der Waals surface area contributed by atoms with Crippen LogP contribution in [0, 0.1) is 6.92 Å². The molecular formula is C18H23N5O2. The molecule has 0 saturated carbocycles. The molecule has 0 aliphatic carbocycles. The molecular weight excluding hydrogens is 318 g/mol. The topological polar surface area (TPSA) is 75.4 Å². The molecule has 1 fully saturated rings. The van der Waals surface area contributed by atoms with Gasteiger partial charge in [-0.25, -0.2) is 0 Å². The van der Waals surface area contributed by atoms with Gasteiger partial charge in [-0.2, -0.15) is 0 Å². The number of allylic oxidation sites excluding steroid dienone is 2. The number of hydrogen-bond acceptors (Lipinski definition) is 6. The molecule has 0 spiro atoms. The minimum atomic E-state index is -0.187. The number of piperazine rings is 1. The van der Waals surface area contributed by atoms with Crippen molar-refractivity contribution in [3.8, 4) is 0 Å². The van der Waals surface area contributed by atoms with Crippen molar-refractivity contribution in [2.75, 3.05) is 26.2 Å². The summed E-state index contributed by atoms with van der Waals surface area (Å²) in [6, 6.07) is 4.02. The zero-order valence-corrected chi connectivity index (χ0v) is 14.7. The Morgan fingerprint density at radius 3 is 2.80 bits per heavy atom. The molecule has 1 saturated heterocycles. The Morgan fingerprint density at radius 2 is 2.08 bits per heavy atom. The highest BCUT2D eigenvalue weighted by Gasteiger charge is 2.26. The van der Waals surface area contributed by atoms with Gasteiger partial charge >= 0.3 is 11.8 Å². The number of carbonyl (C=O) groups is 1. The molecule has 1 aliphatic heterocycles. The molecule has 2 aromatic heterocycles. The summed E-state index contributed by atoms with van der Waals surface area (Å²) in [7, 11) is 0. The van der Waals surface area contributed by atoms with Crippen LogP contribution in [-0.4, -0.2) is 57.1 Å². The fourth-order valence-corrected chi connectivity index (χ4v) is 2.78. The highest BCUT2D eigenvalue weighted by molar-refractivity contribution is 5.89. The van der Waals surface area contributed by atoms with Crippen LogP contribution >= 0.6 is 0 Å². The van der Waals surface area contributed by atoms with Gasteiger partial charge in [0, 0.05) is 45.3 Å². The number of aromatic nitrogens is 3. The lowest BCUT2D eigenvalue weighted by molar-refractivity contribution is 0.0586. The first-order valence-corrected chi connectivity index (χ1v) is 8.53. The molecule has 3 rings (SSSR count). The van der Waals surface area contributed by atoms with Gasteiger partial charge in [-0.05, 0) is 25.5 Å². The third kappa shape index (κ3) is 4.30. The maximum absolute atomic E-state index is 12.5. The number of hydrogen-bond donors (Lipinski definition) is 0. The predicted octanol–water partition coefficient (Wildman–Crippen LogP) is 1.85. The lowest BCUT2D eigenvalue weighted by Gasteiger charge is -2.33. The molecule has 25 heavy (non-hydrogen) atoms. The number of carbonyl (C=O) groups excluding carboxylic acids is 1. The number of nitrogens with zero attached hydrogens (tertiary/aromatic N) is 5. The van der Waals surface area contributed by atoms with Gasteiger partial charge in [-0.3, -0.25) is 14.7 Å². The third-order valence-electron chi connectivity index (χ3n) is 4.33. The van der Waals surface area contributed by atoms with Crippen molar-refractivity contribution in [2.24, 2.45) is 0 Å². The van der Waals surface area contributed by atoms with Crippen molar-refractivity contribution in [1.29, 1.82) is 0 Å². The second-order valence-electron chi connectivity index (χ2n) is 6.11. The Labute approximate surface area is 147 Å². The van der Waals surface area contributed by atoms with Gasteiger partial charge in [0.05, 0.1) is 5.69 Å². The van der Waals surface area contributed by atoms with Crippen molar-refractivity contribution in [2.45, 2.75) is 26.8 Å². The van der Waals surface area contributed by atoms with Gasteiger partial charge in [0.15, 0.2) is 0 Å². The number of amides is 1. The molecule has 0 radical (unpaired) electrons. The standard InChI is InChI=1S/C18H23N5O2/c1-3-4-7-16-20-21-17(25-16)18(24)23-11-9-22(10-12-23)13-15-14(2)6-5-8-19-15/h3-6,8H,7,9-13H2,1-2H3/b4-3+. The van der Waals surface area contributed by atoms with Gasteiger partial charge in [0.25, 0.3) is 0 Å². The van der Waals surface area contributed by atoms with Crippen molar-refractivity contribution >= 4 is 5.91 Å². The van der Waals surface area contributed by atoms with Gasteiger partial charge < -0.3 is 9.32 Å². The van der Waals surface area contributed by atoms with E-state index in [0.29, 0.717) is 25.4 Å². The summed E-state index contributed by atoms with van der Waals surface area (Å²) in [6.45, 7) is 7.72. The normalized spacial score (nSPS) is 15.8. The SMILES string of the molecule is C/C=C/Cc1nnc(C(=O)N2CCN(Cc3ncccc3C)CC2)o1. The first-order valence-electron chi connectivity index (χ1n) is 8.53. The average Bonchev–Trinajstić information content (AvgIpc) is 3.11. The van der Waals surface area contributed by atoms with E-state index in [4.69, 9.17) is 4.42 Å². The van der Waals surface area contributed by atoms with Gasteiger partial charge in [-0.15, -0.1) is 10.2 Å². The van der Waals surface area contributed by atoms with Crippen LogP contribution in [0.3, 0.4) is 0 Å². The third-order valence-corrected chi connectivity index (χ3v) is 4.33. The van der Waals surface area contributed by atoms with Gasteiger partial charge in [-0.1, -0.05) is 18.2 Å². The van der Waals surface area contributed by atoms with Crippen LogP contribution in [0.2, 0.25) is 0 Å². The smallest absolute Gasteiger partial charge is 0.311 e. The molecule has 3 heterocycles. The monoisotopic (exact) mass is 341 g/mol. The number of aryl methyl sites for hydroxylation is 1. The van der Waals surface area contributed by atoms with Crippen LogP contribution in [0.5, 0.6) is 0 Å². The van der Waals surface area contributed by atoms with E-state index in [2.05, 4.69) is 33.1 Å². The average molecular weight is 341 g/mol. The van der Waals surface area contributed by atoms with Crippen LogP contribution in [0.1, 0.15) is 34.8 Å². The minimum Gasteiger partial charge on any atom is -0.417 e. The predicted molar refractivity (Wildman–Crippen MR) is 93.0 cm³/mol. The fraction of sp³-hybridized carbons (Fsp3) is 0.444. The fourth-order valence-electron chi connectivity index (χ4n) is 2.78. The lowest BCUT2D eigenvalue weighted by atomic mass is 10.2. The number of pyridine rings is 1. The van der Waals surface area contributed by atoms with Crippen LogP contribution in [0.25, 0.3) is 0 Å². The molecule has 7 nitrogen and oxygen atoms in total. The molecule has 2 aromatic rings. The summed E-state index contributed by atoms with van der Waals surface area (Å²) < 4.78 is 5.45. The highest BCUT2D eigenvalue weighted by Crippen LogP contribution is 2.12. The molecule has 0 atom stereocenters. The number of rotatable bonds is 5. The molecule has 132 valence electrons. The van der Waals surface area contributed by atoms with Crippen molar-refractivity contribution in [3.05, 3.63) is 53.5 Å². The van der Waals surface area contributed by atoms with E-state index in [9.17, 15) is 4.79 Å². The van der Waals surface area contributed by atoms with E-state index in [0.717, 1.165) is 25.3 Å². The molecule has 0 N–H and O–H groups in total. The quantitative estimate of drug-likeness (QED) is 0.773. The molecule has 1 amide bonds. The van der Waals surface area contributed by atoms with Crippen molar-refractivity contribution in [3.63, 3.8) is 0 Å². The van der Waals surface area contributed by atoms with Crippen LogP contribution in [-0.2, 0) is 13.0 Å². The van der Waals surface area contributed by atoms with Crippen LogP contribution < -0.4 is 0 Å². The van der Waals surface area contributed by atoms with Crippen molar-refractivity contribution in [1.82, 2.24) is 25.0 Å². The molecule has 7 heteroatoms. The van der Waals surface area contributed by atoms with E-state index < -0.39 is 0 Å². The van der Waals surface area contributed by atoms with E-state index >= 15 is 0 Å². The Balaban J connectivity index is 1.54. The van der Waals surface area contributed by atoms with Crippen molar-refractivity contribution < 1.29 is 9.21 Å². The van der Waals surface area contributed by atoms with E-state index in [1.165, 1.54) is 5.56 Å². The zero-order chi connectivity index (χ0) is 17.6. The maximum Gasteiger partial charge on any atom is 0.311 e. The first kappa shape index (κ1) is 17.3. The minimum absolute atomic E-state index is 0.0773. The Kier molecular flexibility index (Phi) is 5.55. The van der Waals surface area contributed by atoms with Crippen LogP contribution in [0.15, 0.2) is 34.9 Å². The molecule has 0 unspecified atom stereocenters. The molecule has 1 aliphatic rings. The molecule has 0 aromatic carbocycles. The highest BCUT2D eigenvalue weighted by atomic mass is 16.4. The lowest BCUT2D eigenvalue weighted by Crippen LogP contribution is -2.48. The second-order valence-corrected chi connectivity index (χ2v) is 6.11. The summed E-state index contributed by atoms with van der Waals surface area (Å²) >= 11 is 0. The summed E-state index contributed by atoms with van der Waals surface area (Å²) in [6.07, 6.45) is 6.20. The van der Waals surface area contributed by atoms with E-state index in [-0.39, 0.29) is 11.8 Å². The second kappa shape index (κ2) is 8.02. The maximum atomic E-state index is 12.5. The Bertz CT molecular complexity index is 747. The summed E-state index contributed by atoms with van der Waals surface area (Å²) in [4.78, 5) is 21.0. The Morgan fingerprint density at radius 1 is 1.28 bits per heavy atom. The zero-order valence-electron chi connectivity index (χ0n) is 14.7. The van der Waals surface area contributed by atoms with Gasteiger partial charge in [0.1, 0.15) is 0 Å². The van der Waals surface area contributed by atoms with Crippen LogP contribution in [0.4, 0.5) is 0 Å². The first-order chi connectivity index (χ1) is 12.2. The van der Waals surface area contributed by atoms with E-state index in [1.807, 2.05) is 31.3 Å². The Hall–Kier alpha value is -2.54. The van der Waals surface area contributed by atoms with Gasteiger partial charge in [0.2, 0.25) is 5.89 Å². The van der Waals surface area contributed by atoms with E-state index in [1.54, 1.807) is 4.90 Å². The summed E-state index contributed by atoms with van der Waals surface area (Å²) in [5.41, 5.74) is 2.29. The summed E-state index contributed by atoms with van der Waals surface area (Å²) in [5, 5.41) is 7.79. The summed E-state index contributed by atoms with van der Waals surface area (Å²) in [5.74, 6) is 0.354.